The molecule has 17 heavy (non-hydrogen) atoms. The van der Waals surface area contributed by atoms with Crippen molar-refractivity contribution in [1.82, 2.24) is 15.3 Å². The molecular formula is C12H17N3O2. The lowest BCUT2D eigenvalue weighted by atomic mass is 10.0. The molecule has 0 saturated carbocycles. The number of pyridine rings is 1. The average Bonchev–Trinajstić information content (AvgIpc) is 2.81. The molecule has 0 saturated heterocycles. The fourth-order valence-corrected chi connectivity index (χ4v) is 1.79. The summed E-state index contributed by atoms with van der Waals surface area (Å²) in [5, 5.41) is 23.7. The molecule has 0 bridgehead atoms. The molecule has 5 nitrogen and oxygen atoms in total. The summed E-state index contributed by atoms with van der Waals surface area (Å²) >= 11 is 0. The molecule has 92 valence electrons. The fraction of sp³-hybridized carbons (Fsp3) is 0.417. The van der Waals surface area contributed by atoms with Crippen molar-refractivity contribution < 1.29 is 10.2 Å². The minimum atomic E-state index is -0.893. The molecule has 5 heteroatoms. The van der Waals surface area contributed by atoms with Gasteiger partial charge in [0.05, 0.1) is 6.10 Å². The summed E-state index contributed by atoms with van der Waals surface area (Å²) in [4.78, 5) is 7.17. The SMILES string of the molecule is CNCCC(O)C(O)c1cnc2[nH]ccc2c1. The second-order valence-corrected chi connectivity index (χ2v) is 4.09. The van der Waals surface area contributed by atoms with Crippen LogP contribution in [0.4, 0.5) is 0 Å². The van der Waals surface area contributed by atoms with Gasteiger partial charge in [-0.2, -0.15) is 0 Å². The smallest absolute Gasteiger partial charge is 0.137 e. The number of nitrogens with zero attached hydrogens (tertiary/aromatic N) is 1. The highest BCUT2D eigenvalue weighted by molar-refractivity contribution is 5.75. The van der Waals surface area contributed by atoms with Crippen molar-refractivity contribution in [1.29, 1.82) is 0 Å². The van der Waals surface area contributed by atoms with Crippen molar-refractivity contribution in [2.24, 2.45) is 0 Å². The minimum Gasteiger partial charge on any atom is -0.390 e. The van der Waals surface area contributed by atoms with Crippen LogP contribution >= 0.6 is 0 Å². The first-order valence-corrected chi connectivity index (χ1v) is 5.66. The molecule has 2 heterocycles. The number of aromatic nitrogens is 2. The molecule has 0 aliphatic carbocycles. The zero-order valence-electron chi connectivity index (χ0n) is 9.72. The Balaban J connectivity index is 2.14. The van der Waals surface area contributed by atoms with Gasteiger partial charge in [-0.25, -0.2) is 4.98 Å². The zero-order valence-corrected chi connectivity index (χ0v) is 9.72. The van der Waals surface area contributed by atoms with E-state index >= 15 is 0 Å². The zero-order chi connectivity index (χ0) is 12.3. The average molecular weight is 235 g/mol. The van der Waals surface area contributed by atoms with Crippen LogP contribution < -0.4 is 5.32 Å². The Kier molecular flexibility index (Phi) is 3.73. The predicted molar refractivity (Wildman–Crippen MR) is 65.6 cm³/mol. The number of aliphatic hydroxyl groups excluding tert-OH is 2. The Bertz CT molecular complexity index is 483. The second kappa shape index (κ2) is 5.27. The first-order valence-electron chi connectivity index (χ1n) is 5.66. The molecule has 0 spiro atoms. The molecule has 0 radical (unpaired) electrons. The molecule has 2 rings (SSSR count). The summed E-state index contributed by atoms with van der Waals surface area (Å²) in [6, 6.07) is 3.73. The van der Waals surface area contributed by atoms with Gasteiger partial charge < -0.3 is 20.5 Å². The van der Waals surface area contributed by atoms with Crippen LogP contribution in [0.3, 0.4) is 0 Å². The number of hydrogen-bond donors (Lipinski definition) is 4. The lowest BCUT2D eigenvalue weighted by Crippen LogP contribution is -2.23. The molecule has 2 aromatic heterocycles. The highest BCUT2D eigenvalue weighted by Gasteiger charge is 2.18. The third-order valence-electron chi connectivity index (χ3n) is 2.82. The minimum absolute atomic E-state index is 0.503. The standard InChI is InChI=1S/C12H17N3O2/c1-13-4-3-10(16)11(17)9-6-8-2-5-14-12(8)15-7-9/h2,5-7,10-11,13,16-17H,3-4H2,1H3,(H,14,15). The quantitative estimate of drug-likeness (QED) is 0.610. The third-order valence-corrected chi connectivity index (χ3v) is 2.82. The number of hydrogen-bond acceptors (Lipinski definition) is 4. The van der Waals surface area contributed by atoms with Gasteiger partial charge in [-0.05, 0) is 32.1 Å². The topological polar surface area (TPSA) is 81.2 Å². The van der Waals surface area contributed by atoms with E-state index in [1.54, 1.807) is 12.4 Å². The van der Waals surface area contributed by atoms with Crippen LogP contribution in [0, 0.1) is 0 Å². The van der Waals surface area contributed by atoms with Crippen molar-refractivity contribution in [2.45, 2.75) is 18.6 Å². The van der Waals surface area contributed by atoms with Crippen LogP contribution in [-0.4, -0.2) is 39.9 Å². The number of aromatic amines is 1. The Morgan fingerprint density at radius 2 is 2.29 bits per heavy atom. The molecule has 2 unspecified atom stereocenters. The van der Waals surface area contributed by atoms with E-state index in [0.717, 1.165) is 11.0 Å². The van der Waals surface area contributed by atoms with Crippen LogP contribution in [0.2, 0.25) is 0 Å². The first kappa shape index (κ1) is 12.0. The van der Waals surface area contributed by atoms with Crippen molar-refractivity contribution in [3.8, 4) is 0 Å². The molecule has 0 amide bonds. The first-order chi connectivity index (χ1) is 8.22. The van der Waals surface area contributed by atoms with Crippen molar-refractivity contribution in [2.75, 3.05) is 13.6 Å². The third kappa shape index (κ3) is 2.63. The van der Waals surface area contributed by atoms with Crippen molar-refractivity contribution in [3.05, 3.63) is 30.1 Å². The number of fused-ring (bicyclic) bond motifs is 1. The van der Waals surface area contributed by atoms with Crippen LogP contribution in [0.5, 0.6) is 0 Å². The maximum atomic E-state index is 9.98. The van der Waals surface area contributed by atoms with E-state index in [-0.39, 0.29) is 0 Å². The lowest BCUT2D eigenvalue weighted by Gasteiger charge is -2.17. The number of H-pyrrole nitrogens is 1. The van der Waals surface area contributed by atoms with Crippen LogP contribution in [0.25, 0.3) is 11.0 Å². The van der Waals surface area contributed by atoms with Gasteiger partial charge in [-0.1, -0.05) is 0 Å². The Morgan fingerprint density at radius 3 is 3.06 bits per heavy atom. The van der Waals surface area contributed by atoms with Gasteiger partial charge in [0.2, 0.25) is 0 Å². The van der Waals surface area contributed by atoms with E-state index < -0.39 is 12.2 Å². The Morgan fingerprint density at radius 1 is 1.47 bits per heavy atom. The molecule has 0 aliphatic rings. The summed E-state index contributed by atoms with van der Waals surface area (Å²) < 4.78 is 0. The highest BCUT2D eigenvalue weighted by Crippen LogP contribution is 2.21. The normalized spacial score (nSPS) is 15.0. The molecule has 0 fully saturated rings. The van der Waals surface area contributed by atoms with Gasteiger partial charge in [-0.15, -0.1) is 0 Å². The van der Waals surface area contributed by atoms with E-state index in [4.69, 9.17) is 0 Å². The number of nitrogens with one attached hydrogen (secondary N) is 2. The largest absolute Gasteiger partial charge is 0.390 e. The van der Waals surface area contributed by atoms with E-state index in [1.165, 1.54) is 0 Å². The van der Waals surface area contributed by atoms with Crippen molar-refractivity contribution in [3.63, 3.8) is 0 Å². The number of aliphatic hydroxyl groups is 2. The highest BCUT2D eigenvalue weighted by atomic mass is 16.3. The summed E-state index contributed by atoms with van der Waals surface area (Å²) in [6.07, 6.45) is 2.22. The van der Waals surface area contributed by atoms with Crippen LogP contribution in [0.15, 0.2) is 24.5 Å². The van der Waals surface area contributed by atoms with E-state index in [9.17, 15) is 10.2 Å². The van der Waals surface area contributed by atoms with Gasteiger partial charge in [0.15, 0.2) is 0 Å². The summed E-state index contributed by atoms with van der Waals surface area (Å²) in [6.45, 7) is 0.665. The molecule has 2 aromatic rings. The van der Waals surface area contributed by atoms with Gasteiger partial charge in [-0.3, -0.25) is 0 Å². The Hall–Kier alpha value is -1.43. The van der Waals surface area contributed by atoms with Gasteiger partial charge in [0, 0.05) is 23.3 Å². The molecule has 4 N–H and O–H groups in total. The maximum Gasteiger partial charge on any atom is 0.137 e. The molecule has 0 aromatic carbocycles. The number of rotatable bonds is 5. The van der Waals surface area contributed by atoms with Gasteiger partial charge in [0.1, 0.15) is 11.8 Å². The Labute approximate surface area is 99.5 Å². The summed E-state index contributed by atoms with van der Waals surface area (Å²) in [5.41, 5.74) is 1.42. The summed E-state index contributed by atoms with van der Waals surface area (Å²) in [5.74, 6) is 0. The fourth-order valence-electron chi connectivity index (χ4n) is 1.79. The monoisotopic (exact) mass is 235 g/mol. The van der Waals surface area contributed by atoms with E-state index in [1.807, 2.05) is 19.2 Å². The maximum absolute atomic E-state index is 9.98. The molecule has 0 aliphatic heterocycles. The molecular weight excluding hydrogens is 218 g/mol. The van der Waals surface area contributed by atoms with Gasteiger partial charge in [0.25, 0.3) is 0 Å². The van der Waals surface area contributed by atoms with Crippen LogP contribution in [-0.2, 0) is 0 Å². The molecule has 2 atom stereocenters. The summed E-state index contributed by atoms with van der Waals surface area (Å²) in [7, 11) is 1.81. The second-order valence-electron chi connectivity index (χ2n) is 4.09. The van der Waals surface area contributed by atoms with E-state index in [2.05, 4.69) is 15.3 Å². The van der Waals surface area contributed by atoms with Crippen molar-refractivity contribution >= 4 is 11.0 Å². The predicted octanol–water partition coefficient (Wildman–Crippen LogP) is 0.567. The van der Waals surface area contributed by atoms with Crippen LogP contribution in [0.1, 0.15) is 18.1 Å². The lowest BCUT2D eigenvalue weighted by molar-refractivity contribution is 0.0139. The van der Waals surface area contributed by atoms with E-state index in [0.29, 0.717) is 18.5 Å². The van der Waals surface area contributed by atoms with Gasteiger partial charge >= 0.3 is 0 Å².